The lowest BCUT2D eigenvalue weighted by Crippen LogP contribution is -2.44. The Balaban J connectivity index is 1.54. The molecule has 1 aromatic carbocycles. The van der Waals surface area contributed by atoms with Gasteiger partial charge in [0.15, 0.2) is 11.5 Å². The summed E-state index contributed by atoms with van der Waals surface area (Å²) in [6.45, 7) is 4.06. The van der Waals surface area contributed by atoms with Crippen LogP contribution in [0.4, 0.5) is 0 Å². The van der Waals surface area contributed by atoms with Crippen molar-refractivity contribution in [1.82, 2.24) is 10.2 Å². The number of nitrogens with zero attached hydrogens (tertiary/aromatic N) is 1. The predicted octanol–water partition coefficient (Wildman–Crippen LogP) is 1.41. The van der Waals surface area contributed by atoms with E-state index in [1.807, 2.05) is 17.0 Å². The number of ether oxygens (including phenoxy) is 2. The first kappa shape index (κ1) is 13.0. The number of nitrogens with one attached hydrogen (secondary N) is 1. The molecular weight excluding hydrogens is 268 g/mol. The van der Waals surface area contributed by atoms with Gasteiger partial charge in [-0.1, -0.05) is 0 Å². The second-order valence-corrected chi connectivity index (χ2v) is 6.08. The van der Waals surface area contributed by atoms with Crippen molar-refractivity contribution in [3.05, 3.63) is 23.3 Å². The molecule has 112 valence electrons. The smallest absolute Gasteiger partial charge is 0.254 e. The van der Waals surface area contributed by atoms with Crippen molar-refractivity contribution >= 4 is 5.91 Å². The van der Waals surface area contributed by atoms with Crippen molar-refractivity contribution in [3.63, 3.8) is 0 Å². The monoisotopic (exact) mass is 288 g/mol. The van der Waals surface area contributed by atoms with Gasteiger partial charge in [-0.15, -0.1) is 0 Å². The third kappa shape index (κ3) is 2.35. The van der Waals surface area contributed by atoms with E-state index in [-0.39, 0.29) is 12.7 Å². The maximum Gasteiger partial charge on any atom is 0.254 e. The van der Waals surface area contributed by atoms with E-state index in [9.17, 15) is 4.79 Å². The molecule has 0 aliphatic carbocycles. The maximum atomic E-state index is 12.7. The van der Waals surface area contributed by atoms with Crippen LogP contribution in [-0.2, 0) is 6.42 Å². The number of carbonyl (C=O) groups is 1. The summed E-state index contributed by atoms with van der Waals surface area (Å²) in [5.74, 6) is 2.19. The third-order valence-electron chi connectivity index (χ3n) is 4.64. The number of piperidine rings is 1. The Morgan fingerprint density at radius 3 is 2.95 bits per heavy atom. The minimum absolute atomic E-state index is 0.139. The van der Waals surface area contributed by atoms with Crippen LogP contribution in [0.15, 0.2) is 12.1 Å². The van der Waals surface area contributed by atoms with Crippen LogP contribution in [0.3, 0.4) is 0 Å². The Bertz CT molecular complexity index is 567. The Morgan fingerprint density at radius 1 is 1.29 bits per heavy atom. The first-order valence-electron chi connectivity index (χ1n) is 7.74. The zero-order valence-corrected chi connectivity index (χ0v) is 12.1. The predicted molar refractivity (Wildman–Crippen MR) is 77.8 cm³/mol. The van der Waals surface area contributed by atoms with Crippen LogP contribution in [0, 0.1) is 5.92 Å². The second kappa shape index (κ2) is 5.22. The van der Waals surface area contributed by atoms with Gasteiger partial charge in [-0.3, -0.25) is 4.79 Å². The molecule has 5 heteroatoms. The van der Waals surface area contributed by atoms with Crippen LogP contribution in [0.5, 0.6) is 11.5 Å². The molecule has 1 fully saturated rings. The van der Waals surface area contributed by atoms with E-state index in [0.29, 0.717) is 11.7 Å². The molecule has 4 rings (SSSR count). The Kier molecular flexibility index (Phi) is 3.22. The summed E-state index contributed by atoms with van der Waals surface area (Å²) in [4.78, 5) is 14.7. The number of fused-ring (bicyclic) bond motifs is 2. The van der Waals surface area contributed by atoms with Crippen LogP contribution in [-0.4, -0.2) is 43.8 Å². The SMILES string of the molecule is O=C1c2cc3c(cc2CCN1CC1CCCNC1)OCO3. The number of hydrogen-bond donors (Lipinski definition) is 1. The molecule has 3 aliphatic heterocycles. The van der Waals surface area contributed by atoms with E-state index in [1.54, 1.807) is 0 Å². The van der Waals surface area contributed by atoms with E-state index >= 15 is 0 Å². The fourth-order valence-electron chi connectivity index (χ4n) is 3.48. The molecule has 1 saturated heterocycles. The van der Waals surface area contributed by atoms with Crippen LogP contribution in [0.25, 0.3) is 0 Å². The van der Waals surface area contributed by atoms with Crippen LogP contribution in [0.2, 0.25) is 0 Å². The van der Waals surface area contributed by atoms with Gasteiger partial charge in [-0.2, -0.15) is 0 Å². The highest BCUT2D eigenvalue weighted by Gasteiger charge is 2.29. The van der Waals surface area contributed by atoms with Crippen molar-refractivity contribution < 1.29 is 14.3 Å². The van der Waals surface area contributed by atoms with Crippen LogP contribution < -0.4 is 14.8 Å². The number of carbonyl (C=O) groups excluding carboxylic acids is 1. The van der Waals surface area contributed by atoms with E-state index in [0.717, 1.165) is 49.5 Å². The summed E-state index contributed by atoms with van der Waals surface area (Å²) < 4.78 is 10.8. The molecule has 5 nitrogen and oxygen atoms in total. The summed E-state index contributed by atoms with van der Waals surface area (Å²) in [7, 11) is 0. The van der Waals surface area contributed by atoms with Gasteiger partial charge < -0.3 is 19.7 Å². The molecule has 1 unspecified atom stereocenters. The third-order valence-corrected chi connectivity index (χ3v) is 4.64. The summed E-state index contributed by atoms with van der Waals surface area (Å²) in [6.07, 6.45) is 3.32. The minimum atomic E-state index is 0.139. The van der Waals surface area contributed by atoms with Gasteiger partial charge in [0, 0.05) is 18.7 Å². The number of amides is 1. The molecule has 0 aromatic heterocycles. The molecular formula is C16H20N2O3. The van der Waals surface area contributed by atoms with E-state index in [2.05, 4.69) is 5.32 Å². The standard InChI is InChI=1S/C16H20N2O3/c19-16-13-7-15-14(20-10-21-15)6-12(13)3-5-18(16)9-11-2-1-4-17-8-11/h6-7,11,17H,1-5,8-10H2. The fraction of sp³-hybridized carbons (Fsp3) is 0.562. The number of rotatable bonds is 2. The average molecular weight is 288 g/mol. The van der Waals surface area contributed by atoms with Crippen molar-refractivity contribution in [2.45, 2.75) is 19.3 Å². The van der Waals surface area contributed by atoms with Gasteiger partial charge in [-0.25, -0.2) is 0 Å². The van der Waals surface area contributed by atoms with Gasteiger partial charge in [0.05, 0.1) is 0 Å². The largest absolute Gasteiger partial charge is 0.454 e. The van der Waals surface area contributed by atoms with Gasteiger partial charge in [0.25, 0.3) is 5.91 Å². The number of benzene rings is 1. The van der Waals surface area contributed by atoms with E-state index in [1.165, 1.54) is 12.8 Å². The van der Waals surface area contributed by atoms with E-state index < -0.39 is 0 Å². The average Bonchev–Trinajstić information content (AvgIpc) is 2.97. The lowest BCUT2D eigenvalue weighted by atomic mass is 9.94. The van der Waals surface area contributed by atoms with Crippen LogP contribution >= 0.6 is 0 Å². The highest BCUT2D eigenvalue weighted by Crippen LogP contribution is 2.36. The molecule has 3 aliphatic rings. The fourth-order valence-corrected chi connectivity index (χ4v) is 3.48. The summed E-state index contributed by atoms with van der Waals surface area (Å²) in [5, 5.41) is 3.42. The lowest BCUT2D eigenvalue weighted by Gasteiger charge is -2.33. The van der Waals surface area contributed by atoms with Crippen LogP contribution in [0.1, 0.15) is 28.8 Å². The molecule has 0 saturated carbocycles. The normalized spacial score (nSPS) is 24.1. The molecule has 1 atom stereocenters. The van der Waals surface area contributed by atoms with E-state index in [4.69, 9.17) is 9.47 Å². The van der Waals surface area contributed by atoms with Gasteiger partial charge in [0.1, 0.15) is 0 Å². The first-order chi connectivity index (χ1) is 10.3. The molecule has 1 N–H and O–H groups in total. The maximum absolute atomic E-state index is 12.7. The van der Waals surface area contributed by atoms with Crippen molar-refractivity contribution in [2.75, 3.05) is 33.0 Å². The van der Waals surface area contributed by atoms with Crippen molar-refractivity contribution in [1.29, 1.82) is 0 Å². The molecule has 0 spiro atoms. The molecule has 1 amide bonds. The molecule has 1 aromatic rings. The zero-order valence-electron chi connectivity index (χ0n) is 12.1. The summed E-state index contributed by atoms with van der Waals surface area (Å²) in [5.41, 5.74) is 1.87. The highest BCUT2D eigenvalue weighted by molar-refractivity contribution is 5.97. The van der Waals surface area contributed by atoms with Gasteiger partial charge in [0.2, 0.25) is 6.79 Å². The molecule has 0 radical (unpaired) electrons. The topological polar surface area (TPSA) is 50.8 Å². The van der Waals surface area contributed by atoms with Crippen molar-refractivity contribution in [2.24, 2.45) is 5.92 Å². The summed E-state index contributed by atoms with van der Waals surface area (Å²) in [6, 6.07) is 3.82. The van der Waals surface area contributed by atoms with Gasteiger partial charge in [-0.05, 0) is 56.0 Å². The highest BCUT2D eigenvalue weighted by atomic mass is 16.7. The Hall–Kier alpha value is -1.75. The van der Waals surface area contributed by atoms with Gasteiger partial charge >= 0.3 is 0 Å². The summed E-state index contributed by atoms with van der Waals surface area (Å²) >= 11 is 0. The van der Waals surface area contributed by atoms with Crippen molar-refractivity contribution in [3.8, 4) is 11.5 Å². The zero-order chi connectivity index (χ0) is 14.2. The molecule has 3 heterocycles. The Morgan fingerprint density at radius 2 is 2.14 bits per heavy atom. The number of hydrogen-bond acceptors (Lipinski definition) is 4. The Labute approximate surface area is 124 Å². The quantitative estimate of drug-likeness (QED) is 0.894. The lowest BCUT2D eigenvalue weighted by molar-refractivity contribution is 0.0701. The second-order valence-electron chi connectivity index (χ2n) is 6.08. The first-order valence-corrected chi connectivity index (χ1v) is 7.74. The molecule has 21 heavy (non-hydrogen) atoms. The minimum Gasteiger partial charge on any atom is -0.454 e. The molecule has 0 bridgehead atoms.